The van der Waals surface area contributed by atoms with Crippen LogP contribution >= 0.6 is 15.9 Å². The van der Waals surface area contributed by atoms with Crippen LogP contribution < -0.4 is 0 Å². The van der Waals surface area contributed by atoms with Gasteiger partial charge in [0, 0.05) is 10.5 Å². The Morgan fingerprint density at radius 3 is 2.47 bits per heavy atom. The molecule has 1 aromatic rings. The first-order chi connectivity index (χ1) is 8.86. The van der Waals surface area contributed by atoms with E-state index >= 15 is 0 Å². The number of nitrogens with zero attached hydrogens (tertiary/aromatic N) is 1. The smallest absolute Gasteiger partial charge is 0.325 e. The van der Waals surface area contributed by atoms with E-state index < -0.39 is 5.97 Å². The molecule has 0 fully saturated rings. The summed E-state index contributed by atoms with van der Waals surface area (Å²) >= 11 is 3.38. The Morgan fingerprint density at radius 2 is 2.00 bits per heavy atom. The summed E-state index contributed by atoms with van der Waals surface area (Å²) in [6.07, 6.45) is 0. The molecule has 4 nitrogen and oxygen atoms in total. The number of benzene rings is 1. The molecule has 0 saturated carbocycles. The predicted molar refractivity (Wildman–Crippen MR) is 77.1 cm³/mol. The third-order valence-corrected chi connectivity index (χ3v) is 3.42. The van der Waals surface area contributed by atoms with Gasteiger partial charge < -0.3 is 9.64 Å². The highest BCUT2D eigenvalue weighted by Gasteiger charge is 2.23. The molecule has 0 saturated heterocycles. The molecule has 5 heteroatoms. The number of hydrogen-bond donors (Lipinski definition) is 0. The SMILES string of the molecule is COC(=O)CN(C(=O)c1ccc(C)cc1Br)C(C)C. The fourth-order valence-electron chi connectivity index (χ4n) is 1.64. The number of carbonyl (C=O) groups excluding carboxylic acids is 2. The van der Waals surface area contributed by atoms with E-state index in [0.717, 1.165) is 10.0 Å². The highest BCUT2D eigenvalue weighted by atomic mass is 79.9. The van der Waals surface area contributed by atoms with Crippen molar-refractivity contribution in [1.82, 2.24) is 4.90 Å². The average molecular weight is 328 g/mol. The van der Waals surface area contributed by atoms with Crippen LogP contribution in [0.1, 0.15) is 29.8 Å². The fourth-order valence-corrected chi connectivity index (χ4v) is 2.30. The molecule has 0 aliphatic carbocycles. The van der Waals surface area contributed by atoms with Crippen LogP contribution in [0.4, 0.5) is 0 Å². The quantitative estimate of drug-likeness (QED) is 0.799. The first-order valence-corrected chi connectivity index (χ1v) is 6.80. The van der Waals surface area contributed by atoms with Crippen LogP contribution in [0.2, 0.25) is 0 Å². The van der Waals surface area contributed by atoms with Gasteiger partial charge in [0.25, 0.3) is 5.91 Å². The van der Waals surface area contributed by atoms with Gasteiger partial charge in [-0.2, -0.15) is 0 Å². The van der Waals surface area contributed by atoms with E-state index in [0.29, 0.717) is 5.56 Å². The van der Waals surface area contributed by atoms with E-state index in [4.69, 9.17) is 0 Å². The second kappa shape index (κ2) is 6.70. The molecule has 0 unspecified atom stereocenters. The molecule has 0 atom stereocenters. The number of rotatable bonds is 4. The molecule has 0 aliphatic heterocycles. The molecule has 1 rings (SSSR count). The molecule has 104 valence electrons. The Balaban J connectivity index is 3.02. The summed E-state index contributed by atoms with van der Waals surface area (Å²) in [6, 6.07) is 5.42. The highest BCUT2D eigenvalue weighted by molar-refractivity contribution is 9.10. The van der Waals surface area contributed by atoms with E-state index in [1.54, 1.807) is 6.07 Å². The van der Waals surface area contributed by atoms with Gasteiger partial charge in [-0.1, -0.05) is 6.07 Å². The molecular formula is C14H18BrNO3. The van der Waals surface area contributed by atoms with Crippen molar-refractivity contribution in [3.8, 4) is 0 Å². The summed E-state index contributed by atoms with van der Waals surface area (Å²) in [4.78, 5) is 25.3. The Kier molecular flexibility index (Phi) is 5.54. The zero-order valence-electron chi connectivity index (χ0n) is 11.6. The van der Waals surface area contributed by atoms with Crippen molar-refractivity contribution in [2.75, 3.05) is 13.7 Å². The molecule has 0 heterocycles. The molecule has 1 aromatic carbocycles. The van der Waals surface area contributed by atoms with Crippen LogP contribution in [-0.2, 0) is 9.53 Å². The number of hydrogen-bond acceptors (Lipinski definition) is 3. The van der Waals surface area contributed by atoms with Gasteiger partial charge in [0.1, 0.15) is 6.54 Å². The van der Waals surface area contributed by atoms with Gasteiger partial charge in [0.05, 0.1) is 12.7 Å². The van der Waals surface area contributed by atoms with Gasteiger partial charge in [-0.3, -0.25) is 9.59 Å². The molecule has 0 radical (unpaired) electrons. The zero-order chi connectivity index (χ0) is 14.6. The van der Waals surface area contributed by atoms with Crippen LogP contribution in [0.25, 0.3) is 0 Å². The first kappa shape index (κ1) is 15.7. The number of carbonyl (C=O) groups is 2. The van der Waals surface area contributed by atoms with Crippen LogP contribution in [0.3, 0.4) is 0 Å². The van der Waals surface area contributed by atoms with Crippen molar-refractivity contribution in [2.24, 2.45) is 0 Å². The van der Waals surface area contributed by atoms with E-state index in [1.165, 1.54) is 12.0 Å². The first-order valence-electron chi connectivity index (χ1n) is 6.00. The molecule has 0 spiro atoms. The molecule has 19 heavy (non-hydrogen) atoms. The Hall–Kier alpha value is -1.36. The maximum Gasteiger partial charge on any atom is 0.325 e. The summed E-state index contributed by atoms with van der Waals surface area (Å²) in [5.74, 6) is -0.613. The van der Waals surface area contributed by atoms with Gasteiger partial charge in [0.2, 0.25) is 0 Å². The summed E-state index contributed by atoms with van der Waals surface area (Å²) in [5, 5.41) is 0. The van der Waals surface area contributed by atoms with Crippen LogP contribution in [0.5, 0.6) is 0 Å². The minimum atomic E-state index is -0.426. The number of aryl methyl sites for hydroxylation is 1. The highest BCUT2D eigenvalue weighted by Crippen LogP contribution is 2.21. The lowest BCUT2D eigenvalue weighted by Crippen LogP contribution is -2.41. The number of ether oxygens (including phenoxy) is 1. The molecule has 0 aliphatic rings. The maximum atomic E-state index is 12.5. The lowest BCUT2D eigenvalue weighted by atomic mass is 10.1. The Bertz CT molecular complexity index is 486. The second-order valence-corrected chi connectivity index (χ2v) is 5.44. The molecule has 0 bridgehead atoms. The monoisotopic (exact) mass is 327 g/mol. The van der Waals surface area contributed by atoms with Gasteiger partial charge in [-0.15, -0.1) is 0 Å². The van der Waals surface area contributed by atoms with Gasteiger partial charge in [0.15, 0.2) is 0 Å². The topological polar surface area (TPSA) is 46.6 Å². The van der Waals surface area contributed by atoms with Crippen LogP contribution in [-0.4, -0.2) is 36.5 Å². The van der Waals surface area contributed by atoms with Crippen molar-refractivity contribution in [2.45, 2.75) is 26.8 Å². The predicted octanol–water partition coefficient (Wildman–Crippen LogP) is 2.78. The average Bonchev–Trinajstić information content (AvgIpc) is 2.34. The number of halogens is 1. The minimum Gasteiger partial charge on any atom is -0.468 e. The van der Waals surface area contributed by atoms with Crippen LogP contribution in [0.15, 0.2) is 22.7 Å². The zero-order valence-corrected chi connectivity index (χ0v) is 13.2. The van der Waals surface area contributed by atoms with Gasteiger partial charge >= 0.3 is 5.97 Å². The maximum absolute atomic E-state index is 12.5. The van der Waals surface area contributed by atoms with E-state index in [-0.39, 0.29) is 18.5 Å². The summed E-state index contributed by atoms with van der Waals surface area (Å²) < 4.78 is 5.35. The van der Waals surface area contributed by atoms with E-state index in [9.17, 15) is 9.59 Å². The molecule has 1 amide bonds. The third-order valence-electron chi connectivity index (χ3n) is 2.77. The Morgan fingerprint density at radius 1 is 1.37 bits per heavy atom. The minimum absolute atomic E-state index is 0.0483. The Labute approximate surface area is 121 Å². The van der Waals surface area contributed by atoms with E-state index in [2.05, 4.69) is 20.7 Å². The fraction of sp³-hybridized carbons (Fsp3) is 0.429. The lowest BCUT2D eigenvalue weighted by molar-refractivity contribution is -0.141. The number of amides is 1. The largest absolute Gasteiger partial charge is 0.468 e. The van der Waals surface area contributed by atoms with Crippen molar-refractivity contribution < 1.29 is 14.3 Å². The van der Waals surface area contributed by atoms with Crippen LogP contribution in [0, 0.1) is 6.92 Å². The van der Waals surface area contributed by atoms with Gasteiger partial charge in [-0.25, -0.2) is 0 Å². The number of methoxy groups -OCH3 is 1. The second-order valence-electron chi connectivity index (χ2n) is 4.59. The van der Waals surface area contributed by atoms with Crippen molar-refractivity contribution >= 4 is 27.8 Å². The number of esters is 1. The molecule has 0 aromatic heterocycles. The van der Waals surface area contributed by atoms with Crippen molar-refractivity contribution in [1.29, 1.82) is 0 Å². The van der Waals surface area contributed by atoms with Crippen molar-refractivity contribution in [3.05, 3.63) is 33.8 Å². The molecule has 0 N–H and O–H groups in total. The lowest BCUT2D eigenvalue weighted by Gasteiger charge is -2.26. The summed E-state index contributed by atoms with van der Waals surface area (Å²) in [6.45, 7) is 5.63. The van der Waals surface area contributed by atoms with Gasteiger partial charge in [-0.05, 0) is 54.4 Å². The summed E-state index contributed by atoms with van der Waals surface area (Å²) in [7, 11) is 1.31. The molecular weight excluding hydrogens is 310 g/mol. The summed E-state index contributed by atoms with van der Waals surface area (Å²) in [5.41, 5.74) is 1.61. The third kappa shape index (κ3) is 4.06. The normalized spacial score (nSPS) is 10.4. The standard InChI is InChI=1S/C14H18BrNO3/c1-9(2)16(8-13(17)19-4)14(18)11-6-5-10(3)7-12(11)15/h5-7,9H,8H2,1-4H3. The van der Waals surface area contributed by atoms with E-state index in [1.807, 2.05) is 32.9 Å². The van der Waals surface area contributed by atoms with Crippen molar-refractivity contribution in [3.63, 3.8) is 0 Å².